The fourth-order valence-corrected chi connectivity index (χ4v) is 3.42. The van der Waals surface area contributed by atoms with E-state index < -0.39 is 10.0 Å². The highest BCUT2D eigenvalue weighted by atomic mass is 127. The van der Waals surface area contributed by atoms with Crippen molar-refractivity contribution in [2.45, 2.75) is 24.3 Å². The van der Waals surface area contributed by atoms with Crippen LogP contribution in [0.1, 0.15) is 16.9 Å². The third-order valence-electron chi connectivity index (χ3n) is 4.56. The fourth-order valence-electron chi connectivity index (χ4n) is 2.90. The Morgan fingerprint density at radius 2 is 1.66 bits per heavy atom. The summed E-state index contributed by atoms with van der Waals surface area (Å²) in [5.41, 5.74) is 1.46. The van der Waals surface area contributed by atoms with Gasteiger partial charge in [0, 0.05) is 19.5 Å². The van der Waals surface area contributed by atoms with Crippen LogP contribution < -0.4 is 15.8 Å². The monoisotopic (exact) mass is 572 g/mol. The summed E-state index contributed by atoms with van der Waals surface area (Å²) in [6.45, 7) is 1.43. The predicted octanol–water partition coefficient (Wildman–Crippen LogP) is 3.20. The van der Waals surface area contributed by atoms with Gasteiger partial charge < -0.3 is 15.1 Å². The van der Waals surface area contributed by atoms with E-state index in [9.17, 15) is 12.8 Å². The van der Waals surface area contributed by atoms with Gasteiger partial charge in [-0.25, -0.2) is 22.9 Å². The molecule has 0 spiro atoms. The van der Waals surface area contributed by atoms with Crippen molar-refractivity contribution in [3.05, 3.63) is 89.6 Å². The van der Waals surface area contributed by atoms with Crippen LogP contribution in [0.2, 0.25) is 0 Å². The van der Waals surface area contributed by atoms with Gasteiger partial charge in [0.05, 0.1) is 17.7 Å². The van der Waals surface area contributed by atoms with Crippen LogP contribution in [0, 0.1) is 5.82 Å². The van der Waals surface area contributed by atoms with E-state index in [4.69, 9.17) is 9.56 Å². The first-order valence-corrected chi connectivity index (χ1v) is 11.4. The number of benzene rings is 2. The molecule has 0 bridgehead atoms. The van der Waals surface area contributed by atoms with Gasteiger partial charge in [-0.1, -0.05) is 30.3 Å². The molecule has 3 aromatic rings. The third kappa shape index (κ3) is 8.24. The standard InChI is InChI=1S/C22H25FN4O3S.HI/c23-21-6-2-1-4-18(21)11-13-25-22(26-14-12-19-5-3-15-30-19)27-16-17-7-9-20(10-8-17)31(24,28)29;/h1-10,15H,11-14,16H2,(H2,24,28,29)(H2,25,26,27);1H. The number of hydrogen-bond donors (Lipinski definition) is 3. The van der Waals surface area contributed by atoms with Crippen LogP contribution >= 0.6 is 24.0 Å². The maximum absolute atomic E-state index is 13.8. The van der Waals surface area contributed by atoms with Crippen molar-refractivity contribution in [2.24, 2.45) is 10.1 Å². The molecule has 0 fully saturated rings. The topological polar surface area (TPSA) is 110 Å². The van der Waals surface area contributed by atoms with E-state index in [1.165, 1.54) is 18.2 Å². The number of nitrogens with one attached hydrogen (secondary N) is 2. The zero-order valence-electron chi connectivity index (χ0n) is 17.3. The summed E-state index contributed by atoms with van der Waals surface area (Å²) >= 11 is 0. The molecule has 172 valence electrons. The van der Waals surface area contributed by atoms with E-state index in [0.29, 0.717) is 44.0 Å². The Labute approximate surface area is 204 Å². The molecule has 1 aromatic heterocycles. The van der Waals surface area contributed by atoms with Gasteiger partial charge in [0.1, 0.15) is 11.6 Å². The molecule has 0 amide bonds. The molecule has 0 atom stereocenters. The Morgan fingerprint density at radius 3 is 2.28 bits per heavy atom. The number of halogens is 2. The number of nitrogens with two attached hydrogens (primary N) is 1. The van der Waals surface area contributed by atoms with E-state index in [-0.39, 0.29) is 34.7 Å². The molecule has 1 heterocycles. The Balaban J connectivity index is 0.00000363. The van der Waals surface area contributed by atoms with E-state index in [1.54, 1.807) is 36.6 Å². The van der Waals surface area contributed by atoms with Gasteiger partial charge in [-0.3, -0.25) is 0 Å². The minimum Gasteiger partial charge on any atom is -0.469 e. The summed E-state index contributed by atoms with van der Waals surface area (Å²) in [6, 6.07) is 16.6. The first-order chi connectivity index (χ1) is 14.9. The molecule has 3 rings (SSSR count). The summed E-state index contributed by atoms with van der Waals surface area (Å²) in [7, 11) is -3.73. The largest absolute Gasteiger partial charge is 0.469 e. The molecular weight excluding hydrogens is 546 g/mol. The van der Waals surface area contributed by atoms with Crippen LogP contribution in [0.4, 0.5) is 4.39 Å². The Kier molecular flexibility index (Phi) is 10.1. The molecule has 0 aliphatic carbocycles. The highest BCUT2D eigenvalue weighted by Gasteiger charge is 2.07. The van der Waals surface area contributed by atoms with Crippen LogP contribution in [0.5, 0.6) is 0 Å². The van der Waals surface area contributed by atoms with Crippen molar-refractivity contribution in [2.75, 3.05) is 13.1 Å². The number of furan rings is 1. The second kappa shape index (κ2) is 12.6. The summed E-state index contributed by atoms with van der Waals surface area (Å²) in [4.78, 5) is 4.60. The number of guanidine groups is 1. The number of rotatable bonds is 9. The molecule has 0 aliphatic heterocycles. The van der Waals surface area contributed by atoms with Crippen molar-refractivity contribution in [1.29, 1.82) is 0 Å². The average Bonchev–Trinajstić information content (AvgIpc) is 3.26. The minimum atomic E-state index is -3.73. The number of aliphatic imine (C=N–C) groups is 1. The highest BCUT2D eigenvalue weighted by molar-refractivity contribution is 14.0. The zero-order chi connectivity index (χ0) is 22.1. The van der Waals surface area contributed by atoms with Gasteiger partial charge >= 0.3 is 0 Å². The van der Waals surface area contributed by atoms with Crippen LogP contribution in [0.15, 0.2) is 81.2 Å². The van der Waals surface area contributed by atoms with Gasteiger partial charge in [0.15, 0.2) is 5.96 Å². The highest BCUT2D eigenvalue weighted by Crippen LogP contribution is 2.10. The SMILES string of the molecule is I.NS(=O)(=O)c1ccc(CN=C(NCCc2ccco2)NCCc2ccccc2F)cc1. The molecule has 0 saturated carbocycles. The zero-order valence-corrected chi connectivity index (χ0v) is 20.5. The maximum atomic E-state index is 13.8. The predicted molar refractivity (Wildman–Crippen MR) is 133 cm³/mol. The lowest BCUT2D eigenvalue weighted by Crippen LogP contribution is -2.39. The second-order valence-corrected chi connectivity index (χ2v) is 8.44. The minimum absolute atomic E-state index is 0. The molecule has 2 aromatic carbocycles. The average molecular weight is 572 g/mol. The molecule has 32 heavy (non-hydrogen) atoms. The van der Waals surface area contributed by atoms with Gasteiger partial charge in [0.25, 0.3) is 0 Å². The summed E-state index contributed by atoms with van der Waals surface area (Å²) in [5, 5.41) is 11.6. The van der Waals surface area contributed by atoms with Crippen LogP contribution in [-0.4, -0.2) is 27.5 Å². The Hall–Kier alpha value is -2.44. The number of nitrogens with zero attached hydrogens (tertiary/aromatic N) is 1. The second-order valence-electron chi connectivity index (χ2n) is 6.88. The van der Waals surface area contributed by atoms with Crippen LogP contribution in [0.3, 0.4) is 0 Å². The lowest BCUT2D eigenvalue weighted by molar-refractivity contribution is 0.506. The van der Waals surface area contributed by atoms with E-state index in [0.717, 1.165) is 11.3 Å². The molecule has 0 unspecified atom stereocenters. The Bertz CT molecular complexity index is 1100. The molecule has 0 aliphatic rings. The summed E-state index contributed by atoms with van der Waals surface area (Å²) < 4.78 is 41.9. The van der Waals surface area contributed by atoms with Crippen LogP contribution in [0.25, 0.3) is 0 Å². The summed E-state index contributed by atoms with van der Waals surface area (Å²) in [6.07, 6.45) is 2.82. The summed E-state index contributed by atoms with van der Waals surface area (Å²) in [5.74, 6) is 1.19. The quantitative estimate of drug-likeness (QED) is 0.207. The first-order valence-electron chi connectivity index (χ1n) is 9.81. The normalized spacial score (nSPS) is 11.6. The van der Waals surface area contributed by atoms with E-state index in [2.05, 4.69) is 15.6 Å². The molecule has 0 radical (unpaired) electrons. The fraction of sp³-hybridized carbons (Fsp3) is 0.227. The van der Waals surface area contributed by atoms with Crippen LogP contribution in [-0.2, 0) is 29.4 Å². The van der Waals surface area contributed by atoms with Gasteiger partial charge in [-0.05, 0) is 47.9 Å². The number of hydrogen-bond acceptors (Lipinski definition) is 4. The van der Waals surface area contributed by atoms with Gasteiger partial charge in [-0.15, -0.1) is 24.0 Å². The molecule has 0 saturated heterocycles. The van der Waals surface area contributed by atoms with Gasteiger partial charge in [0.2, 0.25) is 10.0 Å². The number of primary sulfonamides is 1. The van der Waals surface area contributed by atoms with E-state index >= 15 is 0 Å². The third-order valence-corrected chi connectivity index (χ3v) is 5.49. The lowest BCUT2D eigenvalue weighted by atomic mass is 10.1. The van der Waals surface area contributed by atoms with Crippen molar-refractivity contribution >= 4 is 40.0 Å². The molecule has 10 heteroatoms. The van der Waals surface area contributed by atoms with Gasteiger partial charge in [-0.2, -0.15) is 0 Å². The van der Waals surface area contributed by atoms with E-state index in [1.807, 2.05) is 12.1 Å². The maximum Gasteiger partial charge on any atom is 0.238 e. The van der Waals surface area contributed by atoms with Crippen molar-refractivity contribution in [3.63, 3.8) is 0 Å². The number of sulfonamides is 1. The Morgan fingerprint density at radius 1 is 0.969 bits per heavy atom. The lowest BCUT2D eigenvalue weighted by Gasteiger charge is -2.13. The molecule has 7 nitrogen and oxygen atoms in total. The van der Waals surface area contributed by atoms with Crippen molar-refractivity contribution in [3.8, 4) is 0 Å². The first kappa shape index (κ1) is 25.8. The molecule has 4 N–H and O–H groups in total. The smallest absolute Gasteiger partial charge is 0.238 e. The van der Waals surface area contributed by atoms with Crippen molar-refractivity contribution < 1.29 is 17.2 Å². The van der Waals surface area contributed by atoms with Crippen molar-refractivity contribution in [1.82, 2.24) is 10.6 Å². The molecular formula is C22H26FIN4O3S.